The summed E-state index contributed by atoms with van der Waals surface area (Å²) >= 11 is 15.7. The molecule has 1 unspecified atom stereocenters. The monoisotopic (exact) mass is 358 g/mol. The Bertz CT molecular complexity index is 602. The molecule has 3 N–H and O–H groups in total. The Kier molecular flexibility index (Phi) is 4.87. The first-order valence-electron chi connectivity index (χ1n) is 5.70. The number of benzene rings is 2. The Morgan fingerprint density at radius 3 is 2.47 bits per heavy atom. The number of hydrazine groups is 1. The lowest BCUT2D eigenvalue weighted by Crippen LogP contribution is -2.29. The van der Waals surface area contributed by atoms with Gasteiger partial charge in [0.25, 0.3) is 0 Å². The van der Waals surface area contributed by atoms with Gasteiger partial charge in [-0.1, -0.05) is 45.2 Å². The Morgan fingerprint density at radius 2 is 1.84 bits per heavy atom. The average Bonchev–Trinajstić information content (AvgIpc) is 2.36. The van der Waals surface area contributed by atoms with E-state index in [1.165, 1.54) is 0 Å². The Labute approximate surface area is 131 Å². The van der Waals surface area contributed by atoms with Crippen molar-refractivity contribution in [2.45, 2.75) is 13.0 Å². The maximum atomic E-state index is 6.24. The molecule has 0 bridgehead atoms. The molecular formula is C14H13BrCl2N2. The number of hydrogen-bond acceptors (Lipinski definition) is 2. The first-order chi connectivity index (χ1) is 9.02. The molecule has 0 saturated carbocycles. The number of rotatable bonds is 3. The fourth-order valence-electron chi connectivity index (χ4n) is 2.05. The summed E-state index contributed by atoms with van der Waals surface area (Å²) in [4.78, 5) is 0. The van der Waals surface area contributed by atoms with Crippen LogP contribution in [0.15, 0.2) is 40.9 Å². The van der Waals surface area contributed by atoms with Gasteiger partial charge in [0.15, 0.2) is 0 Å². The summed E-state index contributed by atoms with van der Waals surface area (Å²) < 4.78 is 1.03. The molecule has 0 fully saturated rings. The zero-order chi connectivity index (χ0) is 14.0. The van der Waals surface area contributed by atoms with Crippen LogP contribution in [0.25, 0.3) is 0 Å². The fourth-order valence-corrected chi connectivity index (χ4v) is 2.93. The molecule has 100 valence electrons. The molecule has 0 radical (unpaired) electrons. The molecule has 0 heterocycles. The van der Waals surface area contributed by atoms with Crippen LogP contribution in [0.1, 0.15) is 22.7 Å². The molecule has 0 amide bonds. The first kappa shape index (κ1) is 14.8. The van der Waals surface area contributed by atoms with Gasteiger partial charge in [0.05, 0.1) is 6.04 Å². The van der Waals surface area contributed by atoms with Crippen molar-refractivity contribution in [3.8, 4) is 0 Å². The van der Waals surface area contributed by atoms with Gasteiger partial charge < -0.3 is 0 Å². The van der Waals surface area contributed by atoms with Crippen molar-refractivity contribution in [2.75, 3.05) is 0 Å². The van der Waals surface area contributed by atoms with Gasteiger partial charge in [-0.05, 0) is 53.9 Å². The number of aryl methyl sites for hydroxylation is 1. The van der Waals surface area contributed by atoms with E-state index in [-0.39, 0.29) is 6.04 Å². The van der Waals surface area contributed by atoms with E-state index in [2.05, 4.69) is 21.4 Å². The molecule has 0 saturated heterocycles. The third kappa shape index (κ3) is 3.30. The maximum absolute atomic E-state index is 6.24. The number of halogens is 3. The molecule has 2 rings (SSSR count). The second-order valence-electron chi connectivity index (χ2n) is 4.27. The lowest BCUT2D eigenvalue weighted by molar-refractivity contribution is 0.634. The Balaban J connectivity index is 2.52. The minimum atomic E-state index is -0.195. The van der Waals surface area contributed by atoms with Gasteiger partial charge >= 0.3 is 0 Å². The molecule has 2 nitrogen and oxygen atoms in total. The molecule has 0 spiro atoms. The van der Waals surface area contributed by atoms with Crippen LogP contribution in [0.4, 0.5) is 0 Å². The third-order valence-electron chi connectivity index (χ3n) is 2.98. The molecule has 1 atom stereocenters. The van der Waals surface area contributed by atoms with Crippen LogP contribution in [0.2, 0.25) is 10.0 Å². The molecule has 2 aromatic rings. The second kappa shape index (κ2) is 6.25. The predicted molar refractivity (Wildman–Crippen MR) is 84.5 cm³/mol. The summed E-state index contributed by atoms with van der Waals surface area (Å²) in [7, 11) is 0. The molecule has 0 aliphatic carbocycles. The van der Waals surface area contributed by atoms with Crippen LogP contribution in [-0.4, -0.2) is 0 Å². The van der Waals surface area contributed by atoms with E-state index >= 15 is 0 Å². The van der Waals surface area contributed by atoms with Crippen molar-refractivity contribution < 1.29 is 0 Å². The minimum Gasteiger partial charge on any atom is -0.271 e. The zero-order valence-corrected chi connectivity index (χ0v) is 13.4. The summed E-state index contributed by atoms with van der Waals surface area (Å²) in [5, 5.41) is 1.27. The number of hydrogen-bond donors (Lipinski definition) is 2. The second-order valence-corrected chi connectivity index (χ2v) is 6.03. The summed E-state index contributed by atoms with van der Waals surface area (Å²) in [6, 6.07) is 11.2. The number of nitrogens with two attached hydrogens (primary N) is 1. The first-order valence-corrected chi connectivity index (χ1v) is 7.25. The molecule has 0 aliphatic rings. The van der Waals surface area contributed by atoms with Crippen molar-refractivity contribution in [2.24, 2.45) is 5.84 Å². The Morgan fingerprint density at radius 1 is 1.11 bits per heavy atom. The SMILES string of the molecule is Cc1cc(Br)ccc1C(NN)c1cc(Cl)ccc1Cl. The molecule has 2 aromatic carbocycles. The summed E-state index contributed by atoms with van der Waals surface area (Å²) in [6.07, 6.45) is 0. The van der Waals surface area contributed by atoms with E-state index in [9.17, 15) is 0 Å². The van der Waals surface area contributed by atoms with E-state index in [0.29, 0.717) is 10.0 Å². The van der Waals surface area contributed by atoms with Gasteiger partial charge in [-0.15, -0.1) is 0 Å². The summed E-state index contributed by atoms with van der Waals surface area (Å²) in [5.74, 6) is 5.70. The van der Waals surface area contributed by atoms with E-state index < -0.39 is 0 Å². The topological polar surface area (TPSA) is 38.0 Å². The van der Waals surface area contributed by atoms with E-state index in [4.69, 9.17) is 29.0 Å². The van der Waals surface area contributed by atoms with Crippen molar-refractivity contribution in [3.05, 3.63) is 67.6 Å². The largest absolute Gasteiger partial charge is 0.271 e. The van der Waals surface area contributed by atoms with Gasteiger partial charge in [0, 0.05) is 14.5 Å². The van der Waals surface area contributed by atoms with E-state index in [0.717, 1.165) is 21.2 Å². The quantitative estimate of drug-likeness (QED) is 0.620. The van der Waals surface area contributed by atoms with Crippen LogP contribution in [0, 0.1) is 6.92 Å². The lowest BCUT2D eigenvalue weighted by Gasteiger charge is -2.20. The van der Waals surface area contributed by atoms with Gasteiger partial charge in [-0.3, -0.25) is 5.84 Å². The highest BCUT2D eigenvalue weighted by atomic mass is 79.9. The predicted octanol–water partition coefficient (Wildman–Crippen LogP) is 4.62. The van der Waals surface area contributed by atoms with Crippen LogP contribution in [0.3, 0.4) is 0 Å². The van der Waals surface area contributed by atoms with Crippen molar-refractivity contribution in [3.63, 3.8) is 0 Å². The summed E-state index contributed by atoms with van der Waals surface area (Å²) in [6.45, 7) is 2.03. The van der Waals surface area contributed by atoms with Crippen LogP contribution in [0.5, 0.6) is 0 Å². The third-order valence-corrected chi connectivity index (χ3v) is 4.05. The maximum Gasteiger partial charge on any atom is 0.0727 e. The molecule has 5 heteroatoms. The van der Waals surface area contributed by atoms with Crippen LogP contribution in [-0.2, 0) is 0 Å². The summed E-state index contributed by atoms with van der Waals surface area (Å²) in [5.41, 5.74) is 5.85. The molecule has 19 heavy (non-hydrogen) atoms. The minimum absolute atomic E-state index is 0.195. The highest BCUT2D eigenvalue weighted by Crippen LogP contribution is 2.32. The highest BCUT2D eigenvalue weighted by molar-refractivity contribution is 9.10. The normalized spacial score (nSPS) is 12.5. The Hall–Kier alpha value is -0.580. The molecule has 0 aromatic heterocycles. The standard InChI is InChI=1S/C14H13BrCl2N2/c1-8-6-9(15)2-4-11(8)14(19-18)12-7-10(16)3-5-13(12)17/h2-7,14,19H,18H2,1H3. The van der Waals surface area contributed by atoms with Gasteiger partial charge in [-0.2, -0.15) is 0 Å². The average molecular weight is 360 g/mol. The van der Waals surface area contributed by atoms with Crippen LogP contribution >= 0.6 is 39.1 Å². The van der Waals surface area contributed by atoms with Crippen LogP contribution < -0.4 is 11.3 Å². The molecule has 0 aliphatic heterocycles. The van der Waals surface area contributed by atoms with Gasteiger partial charge in [-0.25, -0.2) is 5.43 Å². The van der Waals surface area contributed by atoms with Gasteiger partial charge in [0.1, 0.15) is 0 Å². The van der Waals surface area contributed by atoms with E-state index in [1.54, 1.807) is 12.1 Å². The van der Waals surface area contributed by atoms with E-state index in [1.807, 2.05) is 31.2 Å². The smallest absolute Gasteiger partial charge is 0.0727 e. The highest BCUT2D eigenvalue weighted by Gasteiger charge is 2.18. The zero-order valence-electron chi connectivity index (χ0n) is 10.3. The van der Waals surface area contributed by atoms with Crippen molar-refractivity contribution >= 4 is 39.1 Å². The van der Waals surface area contributed by atoms with Crippen molar-refractivity contribution in [1.29, 1.82) is 0 Å². The molecular weight excluding hydrogens is 347 g/mol. The lowest BCUT2D eigenvalue weighted by atomic mass is 9.95. The number of nitrogens with one attached hydrogen (secondary N) is 1. The van der Waals surface area contributed by atoms with Gasteiger partial charge in [0.2, 0.25) is 0 Å². The van der Waals surface area contributed by atoms with Crippen molar-refractivity contribution in [1.82, 2.24) is 5.43 Å². The fraction of sp³-hybridized carbons (Fsp3) is 0.143.